The van der Waals surface area contributed by atoms with E-state index in [0.29, 0.717) is 24.4 Å². The van der Waals surface area contributed by atoms with Crippen molar-refractivity contribution in [3.05, 3.63) is 64.6 Å². The molecule has 0 fully saturated rings. The molecule has 3 aromatic rings. The van der Waals surface area contributed by atoms with Crippen molar-refractivity contribution in [2.45, 2.75) is 43.5 Å². The number of benzene rings is 2. The zero-order valence-corrected chi connectivity index (χ0v) is 15.8. The Labute approximate surface area is 158 Å². The fraction of sp³-hybridized carbons (Fsp3) is 0.333. The van der Waals surface area contributed by atoms with Crippen molar-refractivity contribution in [2.24, 2.45) is 0 Å². The van der Waals surface area contributed by atoms with Crippen LogP contribution in [0.15, 0.2) is 41.3 Å². The van der Waals surface area contributed by atoms with Gasteiger partial charge in [-0.1, -0.05) is 6.07 Å². The molecular formula is C21H21FN2O2S. The molecule has 4 nitrogen and oxygen atoms in total. The summed E-state index contributed by atoms with van der Waals surface area (Å²) in [5.74, 6) is -0.270. The summed E-state index contributed by atoms with van der Waals surface area (Å²) in [5, 5.41) is 0.857. The van der Waals surface area contributed by atoms with Crippen molar-refractivity contribution in [1.29, 1.82) is 0 Å². The number of fused-ring (bicyclic) bond motifs is 4. The molecule has 1 aliphatic heterocycles. The number of hydrogen-bond donors (Lipinski definition) is 1. The Kier molecular flexibility index (Phi) is 3.88. The minimum absolute atomic E-state index is 0.270. The van der Waals surface area contributed by atoms with Crippen LogP contribution in [0.5, 0.6) is 0 Å². The number of aromatic amines is 1. The van der Waals surface area contributed by atoms with Gasteiger partial charge in [0, 0.05) is 23.1 Å². The van der Waals surface area contributed by atoms with Crippen molar-refractivity contribution in [2.75, 3.05) is 6.54 Å². The van der Waals surface area contributed by atoms with Gasteiger partial charge in [-0.15, -0.1) is 0 Å². The molecule has 2 heterocycles. The number of H-pyrrole nitrogens is 1. The van der Waals surface area contributed by atoms with Gasteiger partial charge in [-0.05, 0) is 79.1 Å². The highest BCUT2D eigenvalue weighted by atomic mass is 32.2. The van der Waals surface area contributed by atoms with Crippen molar-refractivity contribution in [3.63, 3.8) is 0 Å². The first-order chi connectivity index (χ1) is 13.0. The van der Waals surface area contributed by atoms with Gasteiger partial charge in [0.25, 0.3) is 0 Å². The van der Waals surface area contributed by atoms with Gasteiger partial charge < -0.3 is 4.98 Å². The molecule has 5 rings (SSSR count). The van der Waals surface area contributed by atoms with Gasteiger partial charge in [-0.2, -0.15) is 4.31 Å². The Hall–Kier alpha value is -2.18. The summed E-state index contributed by atoms with van der Waals surface area (Å²) in [6.45, 7) is 0.709. The molecule has 1 aliphatic carbocycles. The highest BCUT2D eigenvalue weighted by Gasteiger charge is 2.30. The maximum atomic E-state index is 13.6. The minimum atomic E-state index is -3.54. The number of rotatable bonds is 2. The molecule has 2 aromatic carbocycles. The smallest absolute Gasteiger partial charge is 0.243 e. The van der Waals surface area contributed by atoms with Gasteiger partial charge in [0.05, 0.1) is 11.4 Å². The average Bonchev–Trinajstić information content (AvgIpc) is 3.04. The quantitative estimate of drug-likeness (QED) is 0.728. The molecule has 1 aromatic heterocycles. The summed E-state index contributed by atoms with van der Waals surface area (Å²) in [7, 11) is -3.54. The van der Waals surface area contributed by atoms with Crippen LogP contribution in [0, 0.1) is 5.82 Å². The summed E-state index contributed by atoms with van der Waals surface area (Å²) >= 11 is 0. The third-order valence-corrected chi connectivity index (χ3v) is 7.70. The number of nitrogens with one attached hydrogen (secondary N) is 1. The first-order valence-corrected chi connectivity index (χ1v) is 10.9. The van der Waals surface area contributed by atoms with Crippen LogP contribution in [0.4, 0.5) is 4.39 Å². The third-order valence-electron chi connectivity index (χ3n) is 5.86. The van der Waals surface area contributed by atoms with Crippen LogP contribution < -0.4 is 0 Å². The number of sulfonamides is 1. The Bertz CT molecular complexity index is 1150. The Morgan fingerprint density at radius 1 is 0.963 bits per heavy atom. The maximum Gasteiger partial charge on any atom is 0.243 e. The normalized spacial score (nSPS) is 17.7. The molecule has 140 valence electrons. The van der Waals surface area contributed by atoms with E-state index < -0.39 is 10.0 Å². The predicted molar refractivity (Wildman–Crippen MR) is 103 cm³/mol. The number of halogens is 1. The van der Waals surface area contributed by atoms with Gasteiger partial charge in [0.15, 0.2) is 0 Å². The molecule has 0 saturated heterocycles. The zero-order chi connectivity index (χ0) is 18.6. The molecule has 2 aliphatic rings. The zero-order valence-electron chi connectivity index (χ0n) is 15.0. The van der Waals surface area contributed by atoms with Gasteiger partial charge in [0.2, 0.25) is 10.0 Å². The van der Waals surface area contributed by atoms with Crippen LogP contribution >= 0.6 is 0 Å². The topological polar surface area (TPSA) is 53.2 Å². The lowest BCUT2D eigenvalue weighted by Gasteiger charge is -2.27. The summed E-state index contributed by atoms with van der Waals surface area (Å²) in [6.07, 6.45) is 4.87. The lowest BCUT2D eigenvalue weighted by Crippen LogP contribution is -2.36. The van der Waals surface area contributed by atoms with E-state index in [1.54, 1.807) is 12.1 Å². The molecule has 6 heteroatoms. The van der Waals surface area contributed by atoms with Crippen molar-refractivity contribution in [3.8, 4) is 0 Å². The van der Waals surface area contributed by atoms with Crippen molar-refractivity contribution < 1.29 is 12.8 Å². The molecule has 27 heavy (non-hydrogen) atoms. The fourth-order valence-electron chi connectivity index (χ4n) is 4.41. The highest BCUT2D eigenvalue weighted by molar-refractivity contribution is 7.89. The van der Waals surface area contributed by atoms with Crippen molar-refractivity contribution >= 4 is 20.9 Å². The SMILES string of the molecule is O=S(=O)(c1ccc2c(c1)CCCC2)N1CCc2c([nH]c3ccc(F)cc23)C1. The number of aryl methyl sites for hydroxylation is 2. The summed E-state index contributed by atoms with van der Waals surface area (Å²) in [5.41, 5.74) is 5.19. The monoisotopic (exact) mass is 384 g/mol. The Morgan fingerprint density at radius 3 is 2.63 bits per heavy atom. The van der Waals surface area contributed by atoms with Crippen molar-refractivity contribution in [1.82, 2.24) is 9.29 Å². The van der Waals surface area contributed by atoms with Gasteiger partial charge in [-0.25, -0.2) is 12.8 Å². The minimum Gasteiger partial charge on any atom is -0.357 e. The van der Waals surface area contributed by atoms with Crippen LogP contribution in [-0.2, 0) is 35.8 Å². The molecular weight excluding hydrogens is 363 g/mol. The van der Waals surface area contributed by atoms with Gasteiger partial charge in [0.1, 0.15) is 5.82 Å². The second kappa shape index (κ2) is 6.17. The number of nitrogens with zero attached hydrogens (tertiary/aromatic N) is 1. The van der Waals surface area contributed by atoms with Gasteiger partial charge >= 0.3 is 0 Å². The van der Waals surface area contributed by atoms with E-state index in [2.05, 4.69) is 4.98 Å². The van der Waals surface area contributed by atoms with E-state index in [0.717, 1.165) is 41.4 Å². The van der Waals surface area contributed by atoms with Crippen LogP contribution in [0.3, 0.4) is 0 Å². The van der Waals surface area contributed by atoms with Crippen LogP contribution in [0.2, 0.25) is 0 Å². The molecule has 0 saturated carbocycles. The van der Waals surface area contributed by atoms with E-state index in [1.807, 2.05) is 12.1 Å². The Balaban J connectivity index is 1.49. The van der Waals surface area contributed by atoms with Crippen LogP contribution in [-0.4, -0.2) is 24.3 Å². The molecule has 0 spiro atoms. The molecule has 0 amide bonds. The van der Waals surface area contributed by atoms with E-state index in [1.165, 1.54) is 34.0 Å². The van der Waals surface area contributed by atoms with Crippen LogP contribution in [0.25, 0.3) is 10.9 Å². The molecule has 0 atom stereocenters. The van der Waals surface area contributed by atoms with E-state index in [-0.39, 0.29) is 5.82 Å². The standard InChI is InChI=1S/C21H21FN2O2S/c22-16-6-8-20-19(12-16)18-9-10-24(13-21(18)23-20)27(25,26)17-7-5-14-3-1-2-4-15(14)11-17/h5-8,11-12,23H,1-4,9-10,13H2. The van der Waals surface area contributed by atoms with E-state index >= 15 is 0 Å². The fourth-order valence-corrected chi connectivity index (χ4v) is 5.87. The van der Waals surface area contributed by atoms with E-state index in [9.17, 15) is 12.8 Å². The van der Waals surface area contributed by atoms with Gasteiger partial charge in [-0.3, -0.25) is 0 Å². The summed E-state index contributed by atoms with van der Waals surface area (Å²) in [4.78, 5) is 3.66. The largest absolute Gasteiger partial charge is 0.357 e. The van der Waals surface area contributed by atoms with Crippen LogP contribution in [0.1, 0.15) is 35.2 Å². The second-order valence-corrected chi connectivity index (χ2v) is 9.44. The lowest BCUT2D eigenvalue weighted by molar-refractivity contribution is 0.388. The molecule has 0 unspecified atom stereocenters. The molecule has 1 N–H and O–H groups in total. The van der Waals surface area contributed by atoms with E-state index in [4.69, 9.17) is 0 Å². The summed E-state index contributed by atoms with van der Waals surface area (Å²) in [6, 6.07) is 10.2. The number of aromatic nitrogens is 1. The summed E-state index contributed by atoms with van der Waals surface area (Å²) < 4.78 is 41.5. The molecule has 0 radical (unpaired) electrons. The molecule has 0 bridgehead atoms. The second-order valence-electron chi connectivity index (χ2n) is 7.50. The first kappa shape index (κ1) is 17.0. The lowest BCUT2D eigenvalue weighted by atomic mass is 9.92. The number of hydrogen-bond acceptors (Lipinski definition) is 2. The average molecular weight is 384 g/mol. The highest BCUT2D eigenvalue weighted by Crippen LogP contribution is 2.32. The Morgan fingerprint density at radius 2 is 1.78 bits per heavy atom. The first-order valence-electron chi connectivity index (χ1n) is 9.43. The third kappa shape index (κ3) is 2.78. The maximum absolute atomic E-state index is 13.6. The predicted octanol–water partition coefficient (Wildman–Crippen LogP) is 3.93.